The zero-order chi connectivity index (χ0) is 19.7. The van der Waals surface area contributed by atoms with Crippen LogP contribution in [0.5, 0.6) is 5.75 Å². The van der Waals surface area contributed by atoms with Gasteiger partial charge in [0.15, 0.2) is 6.29 Å². The van der Waals surface area contributed by atoms with Crippen molar-refractivity contribution in [3.05, 3.63) is 23.5 Å². The molecule has 0 amide bonds. The van der Waals surface area contributed by atoms with E-state index in [9.17, 15) is 9.59 Å². The number of hydrogen-bond acceptors (Lipinski definition) is 6. The standard InChI is InChI=1S/C20H24N4O4/c1-24-16(11-25)20(22-23-24)15-7-8-17(19(21-15)13-5-6-13)28-14-4-2-3-12(9-14)10-18(26)27/h7-8,11-14H,2-6,9-10H2,1H3,(H,26,27)/t12-,14-/m0/s1. The van der Waals surface area contributed by atoms with Crippen molar-refractivity contribution in [3.63, 3.8) is 0 Å². The Labute approximate surface area is 162 Å². The summed E-state index contributed by atoms with van der Waals surface area (Å²) in [6.07, 6.45) is 6.72. The molecule has 2 heterocycles. The Morgan fingerprint density at radius 2 is 2.14 bits per heavy atom. The van der Waals surface area contributed by atoms with Crippen LogP contribution in [0.4, 0.5) is 0 Å². The van der Waals surface area contributed by atoms with Crippen molar-refractivity contribution in [1.82, 2.24) is 20.0 Å². The maximum absolute atomic E-state index is 11.4. The molecule has 2 saturated carbocycles. The Kier molecular flexibility index (Phi) is 5.11. The monoisotopic (exact) mass is 384 g/mol. The van der Waals surface area contributed by atoms with Crippen LogP contribution in [-0.2, 0) is 11.8 Å². The minimum Gasteiger partial charge on any atom is -0.489 e. The van der Waals surface area contributed by atoms with Gasteiger partial charge in [0.05, 0.1) is 17.5 Å². The van der Waals surface area contributed by atoms with E-state index >= 15 is 0 Å². The summed E-state index contributed by atoms with van der Waals surface area (Å²) >= 11 is 0. The van der Waals surface area contributed by atoms with Gasteiger partial charge in [0, 0.05) is 19.4 Å². The van der Waals surface area contributed by atoms with Gasteiger partial charge in [0.2, 0.25) is 0 Å². The zero-order valence-electron chi connectivity index (χ0n) is 15.9. The quantitative estimate of drug-likeness (QED) is 0.731. The second-order valence-electron chi connectivity index (χ2n) is 7.79. The number of pyridine rings is 1. The minimum absolute atomic E-state index is 0.0188. The van der Waals surface area contributed by atoms with Gasteiger partial charge in [-0.3, -0.25) is 9.59 Å². The second-order valence-corrected chi connectivity index (χ2v) is 7.79. The molecule has 2 aliphatic rings. The van der Waals surface area contributed by atoms with Crippen LogP contribution in [0.1, 0.15) is 67.0 Å². The SMILES string of the molecule is Cn1nnc(-c2ccc(O[C@H]3CCC[C@H](CC(=O)O)C3)c(C3CC3)n2)c1C=O. The number of hydrogen-bond donors (Lipinski definition) is 1. The van der Waals surface area contributed by atoms with Gasteiger partial charge in [0.1, 0.15) is 17.1 Å². The summed E-state index contributed by atoms with van der Waals surface area (Å²) in [5.41, 5.74) is 2.40. The molecule has 0 aliphatic heterocycles. The van der Waals surface area contributed by atoms with Crippen molar-refractivity contribution < 1.29 is 19.4 Å². The van der Waals surface area contributed by atoms with Crippen LogP contribution >= 0.6 is 0 Å². The summed E-state index contributed by atoms with van der Waals surface area (Å²) in [6, 6.07) is 3.72. The van der Waals surface area contributed by atoms with E-state index in [1.54, 1.807) is 7.05 Å². The van der Waals surface area contributed by atoms with Crippen LogP contribution in [0.25, 0.3) is 11.4 Å². The summed E-state index contributed by atoms with van der Waals surface area (Å²) < 4.78 is 7.73. The number of aliphatic carboxylic acids is 1. The third-order valence-corrected chi connectivity index (χ3v) is 5.57. The fraction of sp³-hybridized carbons (Fsp3) is 0.550. The first-order valence-electron chi connectivity index (χ1n) is 9.79. The van der Waals surface area contributed by atoms with Crippen molar-refractivity contribution in [2.45, 2.75) is 57.0 Å². The smallest absolute Gasteiger partial charge is 0.303 e. The molecule has 2 fully saturated rings. The van der Waals surface area contributed by atoms with E-state index in [2.05, 4.69) is 10.3 Å². The average molecular weight is 384 g/mol. The highest BCUT2D eigenvalue weighted by Gasteiger charge is 2.32. The first kappa shape index (κ1) is 18.6. The molecule has 28 heavy (non-hydrogen) atoms. The molecule has 4 rings (SSSR count). The van der Waals surface area contributed by atoms with Gasteiger partial charge >= 0.3 is 5.97 Å². The van der Waals surface area contributed by atoms with E-state index in [1.165, 1.54) is 4.68 Å². The summed E-state index contributed by atoms with van der Waals surface area (Å²) in [4.78, 5) is 27.1. The van der Waals surface area contributed by atoms with Crippen LogP contribution < -0.4 is 4.74 Å². The van der Waals surface area contributed by atoms with E-state index in [0.717, 1.165) is 56.3 Å². The molecule has 8 heteroatoms. The summed E-state index contributed by atoms with van der Waals surface area (Å²) in [5, 5.41) is 17.1. The molecule has 2 aliphatic carbocycles. The number of carboxylic acids is 1. The summed E-state index contributed by atoms with van der Waals surface area (Å²) in [6.45, 7) is 0. The number of carbonyl (C=O) groups is 2. The van der Waals surface area contributed by atoms with Gasteiger partial charge in [-0.05, 0) is 56.6 Å². The van der Waals surface area contributed by atoms with Gasteiger partial charge in [-0.15, -0.1) is 5.10 Å². The van der Waals surface area contributed by atoms with E-state index in [-0.39, 0.29) is 18.4 Å². The Hall–Kier alpha value is -2.77. The molecule has 0 spiro atoms. The highest BCUT2D eigenvalue weighted by molar-refractivity contribution is 5.82. The van der Waals surface area contributed by atoms with Gasteiger partial charge in [0.25, 0.3) is 0 Å². The number of rotatable bonds is 7. The number of aldehydes is 1. The summed E-state index contributed by atoms with van der Waals surface area (Å²) in [7, 11) is 1.68. The predicted molar refractivity (Wildman–Crippen MR) is 100 cm³/mol. The van der Waals surface area contributed by atoms with E-state index < -0.39 is 5.97 Å². The van der Waals surface area contributed by atoms with E-state index in [4.69, 9.17) is 14.8 Å². The molecule has 0 bridgehead atoms. The lowest BCUT2D eigenvalue weighted by Gasteiger charge is -2.29. The normalized spacial score (nSPS) is 22.0. The maximum Gasteiger partial charge on any atom is 0.303 e. The highest BCUT2D eigenvalue weighted by atomic mass is 16.5. The number of carboxylic acid groups (broad SMARTS) is 1. The number of ether oxygens (including phenoxy) is 1. The third-order valence-electron chi connectivity index (χ3n) is 5.57. The minimum atomic E-state index is -0.745. The molecule has 0 aromatic carbocycles. The molecule has 2 atom stereocenters. The zero-order valence-corrected chi connectivity index (χ0v) is 15.9. The van der Waals surface area contributed by atoms with E-state index in [1.807, 2.05) is 12.1 Å². The predicted octanol–water partition coefficient (Wildman–Crippen LogP) is 2.98. The molecule has 0 saturated heterocycles. The van der Waals surface area contributed by atoms with Crippen molar-refractivity contribution >= 4 is 12.3 Å². The number of aromatic nitrogens is 4. The third kappa shape index (κ3) is 3.90. The molecule has 148 valence electrons. The fourth-order valence-corrected chi connectivity index (χ4v) is 3.98. The van der Waals surface area contributed by atoms with Crippen molar-refractivity contribution in [2.75, 3.05) is 0 Å². The lowest BCUT2D eigenvalue weighted by molar-refractivity contribution is -0.138. The lowest BCUT2D eigenvalue weighted by atomic mass is 9.85. The van der Waals surface area contributed by atoms with E-state index in [0.29, 0.717) is 23.0 Å². The van der Waals surface area contributed by atoms with Crippen LogP contribution in [0.2, 0.25) is 0 Å². The molecule has 1 N–H and O–H groups in total. The topological polar surface area (TPSA) is 107 Å². The number of carbonyl (C=O) groups excluding carboxylic acids is 1. The van der Waals surface area contributed by atoms with Gasteiger partial charge < -0.3 is 9.84 Å². The highest BCUT2D eigenvalue weighted by Crippen LogP contribution is 2.44. The fourth-order valence-electron chi connectivity index (χ4n) is 3.98. The van der Waals surface area contributed by atoms with Gasteiger partial charge in [-0.2, -0.15) is 0 Å². The second kappa shape index (κ2) is 7.69. The molecule has 2 aromatic heterocycles. The molecule has 0 radical (unpaired) electrons. The molecular weight excluding hydrogens is 360 g/mol. The summed E-state index contributed by atoms with van der Waals surface area (Å²) in [5.74, 6) is 0.557. The van der Waals surface area contributed by atoms with Crippen LogP contribution in [-0.4, -0.2) is 43.4 Å². The lowest BCUT2D eigenvalue weighted by Crippen LogP contribution is -2.27. The Morgan fingerprint density at radius 3 is 2.86 bits per heavy atom. The maximum atomic E-state index is 11.4. The number of nitrogens with zero attached hydrogens (tertiary/aromatic N) is 4. The molecular formula is C20H24N4O4. The number of aryl methyl sites for hydroxylation is 1. The molecule has 0 unspecified atom stereocenters. The van der Waals surface area contributed by atoms with Crippen molar-refractivity contribution in [1.29, 1.82) is 0 Å². The first-order chi connectivity index (χ1) is 13.5. The van der Waals surface area contributed by atoms with Crippen molar-refractivity contribution in [2.24, 2.45) is 13.0 Å². The average Bonchev–Trinajstić information content (AvgIpc) is 3.44. The Bertz CT molecular complexity index is 890. The van der Waals surface area contributed by atoms with Crippen LogP contribution in [0.3, 0.4) is 0 Å². The van der Waals surface area contributed by atoms with Crippen LogP contribution in [0.15, 0.2) is 12.1 Å². The van der Waals surface area contributed by atoms with Crippen LogP contribution in [0, 0.1) is 5.92 Å². The van der Waals surface area contributed by atoms with Gasteiger partial charge in [-0.1, -0.05) is 5.21 Å². The molecule has 8 nitrogen and oxygen atoms in total. The largest absolute Gasteiger partial charge is 0.489 e. The molecule has 2 aromatic rings. The Balaban J connectivity index is 1.56. The first-order valence-corrected chi connectivity index (χ1v) is 9.79. The van der Waals surface area contributed by atoms with Gasteiger partial charge in [-0.25, -0.2) is 9.67 Å². The van der Waals surface area contributed by atoms with Crippen molar-refractivity contribution in [3.8, 4) is 17.1 Å². The Morgan fingerprint density at radius 1 is 1.32 bits per heavy atom.